The molecule has 0 bridgehead atoms. The van der Waals surface area contributed by atoms with Gasteiger partial charge in [-0.15, -0.1) is 0 Å². The maximum atomic E-state index is 12.8. The van der Waals surface area contributed by atoms with Gasteiger partial charge in [-0.2, -0.15) is 5.10 Å². The third kappa shape index (κ3) is 3.32. The Balaban J connectivity index is 1.50. The minimum Gasteiger partial charge on any atom is -0.282 e. The van der Waals surface area contributed by atoms with Crippen molar-refractivity contribution in [1.29, 1.82) is 0 Å². The van der Waals surface area contributed by atoms with Crippen LogP contribution in [0.5, 0.6) is 0 Å². The molecule has 3 nitrogen and oxygen atoms in total. The van der Waals surface area contributed by atoms with Gasteiger partial charge in [-0.3, -0.25) is 10.1 Å². The van der Waals surface area contributed by atoms with E-state index in [1.165, 1.54) is 23.1 Å². The zero-order chi connectivity index (χ0) is 15.4. The number of rotatable bonds is 6. The number of fused-ring (bicyclic) bond motifs is 1. The van der Waals surface area contributed by atoms with Gasteiger partial charge < -0.3 is 0 Å². The van der Waals surface area contributed by atoms with Crippen LogP contribution >= 0.6 is 0 Å². The van der Waals surface area contributed by atoms with Crippen LogP contribution in [0.3, 0.4) is 0 Å². The molecule has 3 rings (SSSR count). The molecule has 22 heavy (non-hydrogen) atoms. The van der Waals surface area contributed by atoms with E-state index >= 15 is 0 Å². The molecule has 0 radical (unpaired) electrons. The van der Waals surface area contributed by atoms with Crippen LogP contribution in [0, 0.1) is 12.7 Å². The number of unbranched alkanes of at least 4 members (excludes halogenated alkanes) is 2. The van der Waals surface area contributed by atoms with Gasteiger partial charge in [0.2, 0.25) is 0 Å². The smallest absolute Gasteiger partial charge is 0.123 e. The van der Waals surface area contributed by atoms with E-state index in [1.54, 1.807) is 0 Å². The van der Waals surface area contributed by atoms with E-state index in [0.29, 0.717) is 0 Å². The Kier molecular flexibility index (Phi) is 4.47. The summed E-state index contributed by atoms with van der Waals surface area (Å²) in [4.78, 5) is 4.50. The van der Waals surface area contributed by atoms with Gasteiger partial charge in [0.05, 0.1) is 11.2 Å². The Morgan fingerprint density at radius 3 is 2.59 bits per heavy atom. The van der Waals surface area contributed by atoms with Crippen molar-refractivity contribution in [2.75, 3.05) is 0 Å². The lowest BCUT2D eigenvalue weighted by Gasteiger charge is -2.04. The predicted octanol–water partition coefficient (Wildman–Crippen LogP) is 4.36. The van der Waals surface area contributed by atoms with E-state index in [9.17, 15) is 4.39 Å². The van der Waals surface area contributed by atoms with Crippen molar-refractivity contribution in [1.82, 2.24) is 15.2 Å². The molecule has 2 aromatic heterocycles. The van der Waals surface area contributed by atoms with Gasteiger partial charge in [0.25, 0.3) is 0 Å². The van der Waals surface area contributed by atoms with Crippen LogP contribution in [0.25, 0.3) is 10.9 Å². The summed E-state index contributed by atoms with van der Waals surface area (Å²) in [6.07, 6.45) is 7.18. The molecule has 1 N–H and O–H groups in total. The second kappa shape index (κ2) is 6.69. The number of halogens is 1. The lowest BCUT2D eigenvalue weighted by molar-refractivity contribution is 0.625. The van der Waals surface area contributed by atoms with E-state index in [1.807, 2.05) is 31.3 Å². The summed E-state index contributed by atoms with van der Waals surface area (Å²) in [5.74, 6) is -0.168. The van der Waals surface area contributed by atoms with Crippen molar-refractivity contribution in [3.63, 3.8) is 0 Å². The second-order valence-corrected chi connectivity index (χ2v) is 5.69. The number of H-pyrrole nitrogens is 1. The monoisotopic (exact) mass is 297 g/mol. The highest BCUT2D eigenvalue weighted by Gasteiger charge is 2.07. The van der Waals surface area contributed by atoms with Gasteiger partial charge in [0, 0.05) is 17.3 Å². The first kappa shape index (κ1) is 14.7. The lowest BCUT2D eigenvalue weighted by Crippen LogP contribution is -1.93. The van der Waals surface area contributed by atoms with Crippen molar-refractivity contribution in [3.05, 3.63) is 59.3 Å². The fraction of sp³-hybridized carbons (Fsp3) is 0.333. The molecule has 0 fully saturated rings. The first-order chi connectivity index (χ1) is 10.7. The average Bonchev–Trinajstić information content (AvgIpc) is 2.91. The first-order valence-corrected chi connectivity index (χ1v) is 7.77. The number of aromatic amines is 1. The molecule has 0 atom stereocenters. The van der Waals surface area contributed by atoms with Gasteiger partial charge in [0.15, 0.2) is 0 Å². The van der Waals surface area contributed by atoms with Crippen molar-refractivity contribution in [2.45, 2.75) is 39.0 Å². The van der Waals surface area contributed by atoms with E-state index in [4.69, 9.17) is 0 Å². The molecule has 1 aromatic carbocycles. The van der Waals surface area contributed by atoms with E-state index < -0.39 is 0 Å². The van der Waals surface area contributed by atoms with Crippen LogP contribution in [-0.4, -0.2) is 15.2 Å². The second-order valence-electron chi connectivity index (χ2n) is 5.69. The summed E-state index contributed by atoms with van der Waals surface area (Å²) in [7, 11) is 0. The van der Waals surface area contributed by atoms with Crippen LogP contribution in [0.15, 0.2) is 36.5 Å². The number of hydrogen-bond acceptors (Lipinski definition) is 2. The van der Waals surface area contributed by atoms with Crippen LogP contribution in [0.2, 0.25) is 0 Å². The van der Waals surface area contributed by atoms with Crippen LogP contribution < -0.4 is 0 Å². The SMILES string of the molecule is Cc1[nH]nc2ccnc(CCCCCc3ccc(F)cc3)c12. The highest BCUT2D eigenvalue weighted by Crippen LogP contribution is 2.20. The molecular weight excluding hydrogens is 277 g/mol. The quantitative estimate of drug-likeness (QED) is 0.687. The Morgan fingerprint density at radius 2 is 1.77 bits per heavy atom. The summed E-state index contributed by atoms with van der Waals surface area (Å²) in [6.45, 7) is 2.04. The fourth-order valence-corrected chi connectivity index (χ4v) is 2.83. The number of benzene rings is 1. The van der Waals surface area contributed by atoms with Crippen LogP contribution in [0.1, 0.15) is 36.2 Å². The Hall–Kier alpha value is -2.23. The molecule has 3 aromatic rings. The van der Waals surface area contributed by atoms with E-state index in [-0.39, 0.29) is 5.82 Å². The highest BCUT2D eigenvalue weighted by molar-refractivity contribution is 5.83. The molecule has 0 aliphatic carbocycles. The zero-order valence-electron chi connectivity index (χ0n) is 12.8. The largest absolute Gasteiger partial charge is 0.282 e. The minimum absolute atomic E-state index is 0.168. The minimum atomic E-state index is -0.168. The molecule has 0 saturated heterocycles. The third-order valence-corrected chi connectivity index (χ3v) is 4.02. The molecule has 0 aliphatic rings. The summed E-state index contributed by atoms with van der Waals surface area (Å²) < 4.78 is 12.8. The average molecular weight is 297 g/mol. The molecule has 4 heteroatoms. The number of aryl methyl sites for hydroxylation is 3. The lowest BCUT2D eigenvalue weighted by atomic mass is 10.0. The van der Waals surface area contributed by atoms with Gasteiger partial charge in [-0.25, -0.2) is 4.39 Å². The topological polar surface area (TPSA) is 41.6 Å². The number of aromatic nitrogens is 3. The number of hydrogen-bond donors (Lipinski definition) is 1. The maximum Gasteiger partial charge on any atom is 0.123 e. The summed E-state index contributed by atoms with van der Waals surface area (Å²) >= 11 is 0. The van der Waals surface area contributed by atoms with E-state index in [0.717, 1.165) is 49.0 Å². The summed E-state index contributed by atoms with van der Waals surface area (Å²) in [5.41, 5.74) is 4.41. The Bertz CT molecular complexity index is 747. The Labute approximate surface area is 129 Å². The molecular formula is C18H20FN3. The Morgan fingerprint density at radius 1 is 1.00 bits per heavy atom. The molecule has 0 unspecified atom stereocenters. The number of nitrogens with one attached hydrogen (secondary N) is 1. The summed E-state index contributed by atoms with van der Waals surface area (Å²) in [6, 6.07) is 8.74. The van der Waals surface area contributed by atoms with Crippen LogP contribution in [0.4, 0.5) is 4.39 Å². The molecule has 0 amide bonds. The van der Waals surface area contributed by atoms with Gasteiger partial charge in [-0.05, 0) is 56.4 Å². The first-order valence-electron chi connectivity index (χ1n) is 7.77. The van der Waals surface area contributed by atoms with Gasteiger partial charge in [-0.1, -0.05) is 18.6 Å². The zero-order valence-corrected chi connectivity index (χ0v) is 12.8. The molecule has 114 valence electrons. The molecule has 0 spiro atoms. The number of pyridine rings is 1. The van der Waals surface area contributed by atoms with Gasteiger partial charge >= 0.3 is 0 Å². The molecule has 0 saturated carbocycles. The fourth-order valence-electron chi connectivity index (χ4n) is 2.83. The number of nitrogens with zero attached hydrogens (tertiary/aromatic N) is 2. The van der Waals surface area contributed by atoms with Gasteiger partial charge in [0.1, 0.15) is 5.82 Å². The predicted molar refractivity (Wildman–Crippen MR) is 86.3 cm³/mol. The van der Waals surface area contributed by atoms with Crippen LogP contribution in [-0.2, 0) is 12.8 Å². The normalized spacial score (nSPS) is 11.2. The van der Waals surface area contributed by atoms with Crippen molar-refractivity contribution in [3.8, 4) is 0 Å². The van der Waals surface area contributed by atoms with Crippen molar-refractivity contribution in [2.24, 2.45) is 0 Å². The summed E-state index contributed by atoms with van der Waals surface area (Å²) in [5, 5.41) is 8.47. The molecule has 2 heterocycles. The highest BCUT2D eigenvalue weighted by atomic mass is 19.1. The maximum absolute atomic E-state index is 12.8. The molecule has 0 aliphatic heterocycles. The van der Waals surface area contributed by atoms with Crippen molar-refractivity contribution >= 4 is 10.9 Å². The standard InChI is InChI=1S/C18H20FN3/c1-13-18-16(20-12-11-17(18)22-21-13)6-4-2-3-5-14-7-9-15(19)10-8-14/h7-12H,2-6H2,1H3,(H,21,22). The van der Waals surface area contributed by atoms with Crippen molar-refractivity contribution < 1.29 is 4.39 Å². The van der Waals surface area contributed by atoms with E-state index in [2.05, 4.69) is 15.2 Å². The third-order valence-electron chi connectivity index (χ3n) is 4.02.